The first-order chi connectivity index (χ1) is 15.2. The summed E-state index contributed by atoms with van der Waals surface area (Å²) in [7, 11) is 0. The highest BCUT2D eigenvalue weighted by Gasteiger charge is 2.34. The van der Waals surface area contributed by atoms with E-state index < -0.39 is 0 Å². The molecule has 4 heterocycles. The van der Waals surface area contributed by atoms with Crippen LogP contribution in [0.1, 0.15) is 57.2 Å². The summed E-state index contributed by atoms with van der Waals surface area (Å²) in [6.45, 7) is 7.64. The fraction of sp³-hybridized carbons (Fsp3) is 0.458. The van der Waals surface area contributed by atoms with Gasteiger partial charge in [-0.3, -0.25) is 9.69 Å². The summed E-state index contributed by atoms with van der Waals surface area (Å²) < 4.78 is 5.36. The van der Waals surface area contributed by atoms with Crippen molar-refractivity contribution in [3.8, 4) is 0 Å². The van der Waals surface area contributed by atoms with Crippen LogP contribution in [0.5, 0.6) is 0 Å². The number of furan rings is 1. The molecular formula is C24H29N3O2S2. The Bertz CT molecular complexity index is 1000. The van der Waals surface area contributed by atoms with Crippen LogP contribution in [0.3, 0.4) is 0 Å². The summed E-state index contributed by atoms with van der Waals surface area (Å²) in [6.07, 6.45) is 6.23. The lowest BCUT2D eigenvalue weighted by molar-refractivity contribution is 0.0996. The fourth-order valence-corrected chi connectivity index (χ4v) is 7.02. The first-order valence-corrected chi connectivity index (χ1v) is 12.9. The maximum Gasteiger partial charge on any atom is 0.291 e. The van der Waals surface area contributed by atoms with Crippen LogP contribution in [0.25, 0.3) is 0 Å². The van der Waals surface area contributed by atoms with Crippen molar-refractivity contribution in [1.82, 2.24) is 9.80 Å². The molecular weight excluding hydrogens is 426 g/mol. The number of rotatable bonds is 6. The third-order valence-corrected chi connectivity index (χ3v) is 8.64. The minimum atomic E-state index is -0.162. The predicted octanol–water partition coefficient (Wildman–Crippen LogP) is 5.26. The van der Waals surface area contributed by atoms with Gasteiger partial charge in [0.25, 0.3) is 5.91 Å². The normalized spacial score (nSPS) is 18.6. The molecule has 5 rings (SSSR count). The number of carbonyl (C=O) groups excluding carboxylic acids is 1. The summed E-state index contributed by atoms with van der Waals surface area (Å²) in [6, 6.07) is 8.09. The molecule has 3 aromatic rings. The van der Waals surface area contributed by atoms with Crippen LogP contribution < -0.4 is 5.32 Å². The third kappa shape index (κ3) is 4.24. The van der Waals surface area contributed by atoms with E-state index in [-0.39, 0.29) is 11.9 Å². The van der Waals surface area contributed by atoms with Gasteiger partial charge in [-0.05, 0) is 61.4 Å². The number of nitrogens with one attached hydrogen (secondary N) is 1. The Morgan fingerprint density at radius 2 is 2.00 bits per heavy atom. The number of piperazine rings is 1. The lowest BCUT2D eigenvalue weighted by Crippen LogP contribution is -2.47. The second-order valence-electron chi connectivity index (χ2n) is 8.27. The molecule has 0 bridgehead atoms. The van der Waals surface area contributed by atoms with Gasteiger partial charge in [0.1, 0.15) is 5.00 Å². The summed E-state index contributed by atoms with van der Waals surface area (Å²) in [5.41, 5.74) is 2.80. The number of aryl methyl sites for hydroxylation is 1. The molecule has 0 radical (unpaired) electrons. The first-order valence-electron chi connectivity index (χ1n) is 11.2. The molecule has 0 aromatic carbocycles. The monoisotopic (exact) mass is 455 g/mol. The minimum absolute atomic E-state index is 0.162. The molecule has 1 saturated heterocycles. The predicted molar refractivity (Wildman–Crippen MR) is 127 cm³/mol. The van der Waals surface area contributed by atoms with E-state index in [9.17, 15) is 4.79 Å². The highest BCUT2D eigenvalue weighted by molar-refractivity contribution is 7.16. The average molecular weight is 456 g/mol. The van der Waals surface area contributed by atoms with E-state index in [0.717, 1.165) is 50.6 Å². The fourth-order valence-electron chi connectivity index (χ4n) is 4.83. The molecule has 2 aliphatic rings. The van der Waals surface area contributed by atoms with Gasteiger partial charge in [-0.25, -0.2) is 0 Å². The number of anilines is 1. The number of nitrogens with zero attached hydrogens (tertiary/aromatic N) is 2. The molecule has 0 unspecified atom stereocenters. The molecule has 5 nitrogen and oxygen atoms in total. The molecule has 1 N–H and O–H groups in total. The Hall–Kier alpha value is -1.93. The molecule has 0 spiro atoms. The lowest BCUT2D eigenvalue weighted by atomic mass is 9.91. The van der Waals surface area contributed by atoms with Gasteiger partial charge < -0.3 is 14.6 Å². The summed E-state index contributed by atoms with van der Waals surface area (Å²) in [5.74, 6) is 0.201. The topological polar surface area (TPSA) is 48.7 Å². The molecule has 1 fully saturated rings. The second kappa shape index (κ2) is 9.28. The van der Waals surface area contributed by atoms with Crippen molar-refractivity contribution in [2.75, 3.05) is 38.0 Å². The van der Waals surface area contributed by atoms with E-state index >= 15 is 0 Å². The Balaban J connectivity index is 1.55. The number of fused-ring (bicyclic) bond motifs is 1. The standard InChI is InChI=1S/C24H29N3O2S2/c1-2-26-11-13-27(14-12-26)22(20-10-6-16-30-20)21-17-7-3-4-9-19(17)31-24(21)25-23(28)18-8-5-15-29-18/h5-6,8,10,15-16,22H,2-4,7,9,11-14H2,1H3,(H,25,28)/t22-/m0/s1. The zero-order valence-corrected chi connectivity index (χ0v) is 19.6. The van der Waals surface area contributed by atoms with Crippen LogP contribution in [0.15, 0.2) is 40.3 Å². The molecule has 0 saturated carbocycles. The smallest absolute Gasteiger partial charge is 0.291 e. The van der Waals surface area contributed by atoms with Gasteiger partial charge in [0.2, 0.25) is 0 Å². The molecule has 3 aromatic heterocycles. The van der Waals surface area contributed by atoms with E-state index in [2.05, 4.69) is 39.6 Å². The van der Waals surface area contributed by atoms with Crippen LogP contribution >= 0.6 is 22.7 Å². The number of thiophene rings is 2. The molecule has 164 valence electrons. The van der Waals surface area contributed by atoms with Gasteiger partial charge in [0.05, 0.1) is 12.3 Å². The third-order valence-electron chi connectivity index (χ3n) is 6.49. The number of hydrogen-bond donors (Lipinski definition) is 1. The van der Waals surface area contributed by atoms with Crippen molar-refractivity contribution in [2.24, 2.45) is 0 Å². The lowest BCUT2D eigenvalue weighted by Gasteiger charge is -2.39. The summed E-state index contributed by atoms with van der Waals surface area (Å²) in [4.78, 5) is 20.8. The van der Waals surface area contributed by atoms with E-state index in [1.54, 1.807) is 29.7 Å². The van der Waals surface area contributed by atoms with Gasteiger partial charge in [0.15, 0.2) is 5.76 Å². The second-order valence-corrected chi connectivity index (χ2v) is 10.4. The van der Waals surface area contributed by atoms with Gasteiger partial charge in [0, 0.05) is 41.5 Å². The van der Waals surface area contributed by atoms with Crippen molar-refractivity contribution in [1.29, 1.82) is 0 Å². The molecule has 31 heavy (non-hydrogen) atoms. The highest BCUT2D eigenvalue weighted by Crippen LogP contribution is 2.46. The molecule has 1 aliphatic carbocycles. The number of amides is 1. The van der Waals surface area contributed by atoms with Gasteiger partial charge >= 0.3 is 0 Å². The SMILES string of the molecule is CCN1CCN([C@@H](c2cccs2)c2c(NC(=O)c3ccco3)sc3c2CCCC3)CC1. The quantitative estimate of drug-likeness (QED) is 0.551. The van der Waals surface area contributed by atoms with Crippen LogP contribution in [-0.4, -0.2) is 48.4 Å². The number of hydrogen-bond acceptors (Lipinski definition) is 6. The Kier molecular flexibility index (Phi) is 6.27. The Morgan fingerprint density at radius 1 is 1.16 bits per heavy atom. The maximum atomic E-state index is 12.9. The highest BCUT2D eigenvalue weighted by atomic mass is 32.1. The van der Waals surface area contributed by atoms with Crippen molar-refractivity contribution in [3.05, 3.63) is 62.6 Å². The zero-order chi connectivity index (χ0) is 21.2. The molecule has 1 amide bonds. The van der Waals surface area contributed by atoms with Crippen molar-refractivity contribution >= 4 is 33.6 Å². The van der Waals surface area contributed by atoms with Crippen molar-refractivity contribution in [2.45, 2.75) is 38.6 Å². The van der Waals surface area contributed by atoms with E-state index in [1.807, 2.05) is 11.3 Å². The molecule has 7 heteroatoms. The minimum Gasteiger partial charge on any atom is -0.459 e. The summed E-state index contributed by atoms with van der Waals surface area (Å²) in [5, 5.41) is 6.40. The zero-order valence-electron chi connectivity index (χ0n) is 17.9. The van der Waals surface area contributed by atoms with Crippen LogP contribution in [-0.2, 0) is 12.8 Å². The van der Waals surface area contributed by atoms with Crippen molar-refractivity contribution < 1.29 is 9.21 Å². The van der Waals surface area contributed by atoms with E-state index in [1.165, 1.54) is 33.7 Å². The van der Waals surface area contributed by atoms with Gasteiger partial charge in [-0.15, -0.1) is 22.7 Å². The number of carbonyl (C=O) groups is 1. The molecule has 1 aliphatic heterocycles. The largest absolute Gasteiger partial charge is 0.459 e. The van der Waals surface area contributed by atoms with Crippen LogP contribution in [0.2, 0.25) is 0 Å². The number of likely N-dealkylation sites (N-methyl/N-ethyl adjacent to an activating group) is 1. The average Bonchev–Trinajstić information content (AvgIpc) is 3.57. The first kappa shape index (κ1) is 20.9. The Labute approximate surface area is 191 Å². The van der Waals surface area contributed by atoms with Gasteiger partial charge in [-0.1, -0.05) is 13.0 Å². The van der Waals surface area contributed by atoms with E-state index in [4.69, 9.17) is 4.42 Å². The van der Waals surface area contributed by atoms with E-state index in [0.29, 0.717) is 5.76 Å². The Morgan fingerprint density at radius 3 is 2.71 bits per heavy atom. The van der Waals surface area contributed by atoms with Crippen LogP contribution in [0.4, 0.5) is 5.00 Å². The van der Waals surface area contributed by atoms with Crippen LogP contribution in [0, 0.1) is 0 Å². The van der Waals surface area contributed by atoms with Crippen molar-refractivity contribution in [3.63, 3.8) is 0 Å². The molecule has 1 atom stereocenters. The maximum absolute atomic E-state index is 12.9. The summed E-state index contributed by atoms with van der Waals surface area (Å²) >= 11 is 3.60. The van der Waals surface area contributed by atoms with Gasteiger partial charge in [-0.2, -0.15) is 0 Å².